The molecule has 208 valence electrons. The van der Waals surface area contributed by atoms with Crippen LogP contribution in [0.5, 0.6) is 5.75 Å². The summed E-state index contributed by atoms with van der Waals surface area (Å²) in [5, 5.41) is 16.0. The number of nitrogens with zero attached hydrogens (tertiary/aromatic N) is 3. The fourth-order valence-corrected chi connectivity index (χ4v) is 4.45. The normalized spacial score (nSPS) is 14.6. The van der Waals surface area contributed by atoms with Gasteiger partial charge in [-0.05, 0) is 76.9 Å². The van der Waals surface area contributed by atoms with Gasteiger partial charge >= 0.3 is 12.4 Å². The number of tetrazole rings is 1. The second-order valence-electron chi connectivity index (χ2n) is 9.19. The standard InChI is InChI=1S/C26H18F7N5O2/c1-40-17-9-13(8-15(10-17)26(31,32)33)18-4-3-16(12-19(18)22-35-37-38-36-22)34-23(39)24(6-7-24)20-5-2-14(11-21(20)27)25(28,29)30/h2-5,8-12H,6-7H2,1H3,(H,34,39)(H,35,36,37,38). The molecule has 1 aliphatic rings. The third kappa shape index (κ3) is 5.08. The van der Waals surface area contributed by atoms with Crippen molar-refractivity contribution in [2.45, 2.75) is 30.6 Å². The number of hydrogen-bond donors (Lipinski definition) is 2. The largest absolute Gasteiger partial charge is 0.497 e. The quantitative estimate of drug-likeness (QED) is 0.265. The van der Waals surface area contributed by atoms with Gasteiger partial charge in [0.2, 0.25) is 5.91 Å². The van der Waals surface area contributed by atoms with Crippen LogP contribution in [0.15, 0.2) is 54.6 Å². The molecule has 4 aromatic rings. The number of halogens is 7. The number of benzene rings is 3. The number of aromatic nitrogens is 4. The van der Waals surface area contributed by atoms with Crippen molar-refractivity contribution >= 4 is 11.6 Å². The molecule has 1 aliphatic carbocycles. The Bertz CT molecular complexity index is 1580. The van der Waals surface area contributed by atoms with Crippen LogP contribution < -0.4 is 10.1 Å². The first-order chi connectivity index (χ1) is 18.8. The second kappa shape index (κ2) is 9.61. The van der Waals surface area contributed by atoms with Gasteiger partial charge in [0.05, 0.1) is 23.7 Å². The summed E-state index contributed by atoms with van der Waals surface area (Å²) in [5.41, 5.74) is -2.84. The van der Waals surface area contributed by atoms with Crippen LogP contribution in [-0.4, -0.2) is 33.6 Å². The summed E-state index contributed by atoms with van der Waals surface area (Å²) >= 11 is 0. The van der Waals surface area contributed by atoms with Crippen molar-refractivity contribution in [2.75, 3.05) is 12.4 Å². The van der Waals surface area contributed by atoms with Crippen molar-refractivity contribution < 1.29 is 40.3 Å². The summed E-state index contributed by atoms with van der Waals surface area (Å²) in [6.07, 6.45) is -8.97. The van der Waals surface area contributed by atoms with Crippen LogP contribution in [0.3, 0.4) is 0 Å². The lowest BCUT2D eigenvalue weighted by molar-refractivity contribution is -0.138. The molecular formula is C26H18F7N5O2. The maximum Gasteiger partial charge on any atom is 0.416 e. The predicted octanol–water partition coefficient (Wildman–Crippen LogP) is 6.39. The van der Waals surface area contributed by atoms with Gasteiger partial charge in [-0.15, -0.1) is 5.10 Å². The lowest BCUT2D eigenvalue weighted by Crippen LogP contribution is -2.29. The highest BCUT2D eigenvalue weighted by Crippen LogP contribution is 2.50. The summed E-state index contributed by atoms with van der Waals surface area (Å²) in [5.74, 6) is -1.76. The van der Waals surface area contributed by atoms with Gasteiger partial charge in [0.15, 0.2) is 5.82 Å². The summed E-state index contributed by atoms with van der Waals surface area (Å²) in [6.45, 7) is 0. The van der Waals surface area contributed by atoms with Gasteiger partial charge in [0.25, 0.3) is 0 Å². The van der Waals surface area contributed by atoms with E-state index >= 15 is 0 Å². The number of alkyl halides is 6. The van der Waals surface area contributed by atoms with Crippen molar-refractivity contribution in [2.24, 2.45) is 0 Å². The molecule has 1 aromatic heterocycles. The van der Waals surface area contributed by atoms with Crippen LogP contribution in [0.25, 0.3) is 22.5 Å². The summed E-state index contributed by atoms with van der Waals surface area (Å²) < 4.78 is 99.2. The zero-order valence-electron chi connectivity index (χ0n) is 20.4. The number of hydrogen-bond acceptors (Lipinski definition) is 5. The molecule has 0 radical (unpaired) electrons. The third-order valence-corrected chi connectivity index (χ3v) is 6.66. The minimum absolute atomic E-state index is 0.0434. The molecule has 1 amide bonds. The zero-order chi connectivity index (χ0) is 28.9. The van der Waals surface area contributed by atoms with Gasteiger partial charge in [-0.25, -0.2) is 9.49 Å². The Balaban J connectivity index is 1.51. The topological polar surface area (TPSA) is 92.8 Å². The lowest BCUT2D eigenvalue weighted by Gasteiger charge is -2.19. The van der Waals surface area contributed by atoms with Crippen molar-refractivity contribution in [1.82, 2.24) is 20.6 Å². The molecule has 0 unspecified atom stereocenters. The molecule has 7 nitrogen and oxygen atoms in total. The summed E-state index contributed by atoms with van der Waals surface area (Å²) in [7, 11) is 1.23. The lowest BCUT2D eigenvalue weighted by atomic mass is 9.92. The van der Waals surface area contributed by atoms with Crippen molar-refractivity contribution in [3.63, 3.8) is 0 Å². The number of anilines is 1. The minimum atomic E-state index is -4.74. The number of H-pyrrole nitrogens is 1. The molecule has 1 heterocycles. The Morgan fingerprint density at radius 2 is 1.65 bits per heavy atom. The number of carbonyl (C=O) groups excluding carboxylic acids is 1. The number of aromatic amines is 1. The number of nitrogens with one attached hydrogen (secondary N) is 2. The number of carbonyl (C=O) groups is 1. The maximum atomic E-state index is 14.7. The van der Waals surface area contributed by atoms with Gasteiger partial charge in [0.1, 0.15) is 11.6 Å². The van der Waals surface area contributed by atoms with Crippen LogP contribution in [0, 0.1) is 5.82 Å². The van der Waals surface area contributed by atoms with E-state index in [0.29, 0.717) is 6.07 Å². The molecule has 0 atom stereocenters. The highest BCUT2D eigenvalue weighted by molar-refractivity contribution is 6.02. The number of amides is 1. The Kier molecular flexibility index (Phi) is 6.51. The van der Waals surface area contributed by atoms with Crippen molar-refractivity contribution in [1.29, 1.82) is 0 Å². The van der Waals surface area contributed by atoms with Gasteiger partial charge in [-0.1, -0.05) is 12.1 Å². The molecule has 1 fully saturated rings. The van der Waals surface area contributed by atoms with Crippen molar-refractivity contribution in [3.05, 3.63) is 77.1 Å². The van der Waals surface area contributed by atoms with E-state index in [1.807, 2.05) is 0 Å². The van der Waals surface area contributed by atoms with E-state index in [4.69, 9.17) is 4.74 Å². The van der Waals surface area contributed by atoms with E-state index in [9.17, 15) is 35.5 Å². The highest BCUT2D eigenvalue weighted by Gasteiger charge is 2.53. The van der Waals surface area contributed by atoms with E-state index in [1.54, 1.807) is 0 Å². The minimum Gasteiger partial charge on any atom is -0.497 e. The van der Waals surface area contributed by atoms with E-state index in [1.165, 1.54) is 31.4 Å². The monoisotopic (exact) mass is 565 g/mol. The smallest absolute Gasteiger partial charge is 0.416 e. The van der Waals surface area contributed by atoms with Crippen molar-refractivity contribution in [3.8, 4) is 28.3 Å². The maximum absolute atomic E-state index is 14.7. The number of ether oxygens (including phenoxy) is 1. The second-order valence-corrected chi connectivity index (χ2v) is 9.19. The van der Waals surface area contributed by atoms with E-state index in [-0.39, 0.29) is 52.4 Å². The van der Waals surface area contributed by atoms with Gasteiger partial charge in [-0.2, -0.15) is 26.3 Å². The molecule has 0 bridgehead atoms. The van der Waals surface area contributed by atoms with Crippen LogP contribution in [0.4, 0.5) is 36.4 Å². The Morgan fingerprint density at radius 1 is 0.925 bits per heavy atom. The van der Waals surface area contributed by atoms with Gasteiger partial charge < -0.3 is 10.1 Å². The SMILES string of the molecule is COc1cc(-c2ccc(NC(=O)C3(c4ccc(C(F)(F)F)cc4F)CC3)cc2-c2nnn[nH]2)cc(C(F)(F)F)c1. The molecule has 5 rings (SSSR count). The summed E-state index contributed by atoms with van der Waals surface area (Å²) in [6, 6.07) is 9.49. The fourth-order valence-electron chi connectivity index (χ4n) is 4.45. The first-order valence-corrected chi connectivity index (χ1v) is 11.7. The first-order valence-electron chi connectivity index (χ1n) is 11.7. The Hall–Kier alpha value is -4.49. The third-order valence-electron chi connectivity index (χ3n) is 6.66. The first kappa shape index (κ1) is 27.1. The Morgan fingerprint density at radius 3 is 2.23 bits per heavy atom. The fraction of sp³-hybridized carbons (Fsp3) is 0.231. The predicted molar refractivity (Wildman–Crippen MR) is 128 cm³/mol. The Labute approximate surface area is 221 Å². The molecular weight excluding hydrogens is 547 g/mol. The van der Waals surface area contributed by atoms with Gasteiger partial charge in [0, 0.05) is 16.8 Å². The molecule has 14 heteroatoms. The average molecular weight is 565 g/mol. The van der Waals surface area contributed by atoms with E-state index < -0.39 is 40.6 Å². The van der Waals surface area contributed by atoms with Crippen LogP contribution in [-0.2, 0) is 22.6 Å². The van der Waals surface area contributed by atoms with E-state index in [0.717, 1.165) is 24.3 Å². The van der Waals surface area contributed by atoms with E-state index in [2.05, 4.69) is 25.9 Å². The molecule has 0 saturated heterocycles. The van der Waals surface area contributed by atoms with Crippen LogP contribution >= 0.6 is 0 Å². The summed E-state index contributed by atoms with van der Waals surface area (Å²) in [4.78, 5) is 13.2. The van der Waals surface area contributed by atoms with Crippen LogP contribution in [0.2, 0.25) is 0 Å². The molecule has 3 aromatic carbocycles. The molecule has 2 N–H and O–H groups in total. The number of rotatable bonds is 6. The average Bonchev–Trinajstić information content (AvgIpc) is 3.52. The van der Waals surface area contributed by atoms with Crippen LogP contribution in [0.1, 0.15) is 29.5 Å². The van der Waals surface area contributed by atoms with Gasteiger partial charge in [-0.3, -0.25) is 4.79 Å². The zero-order valence-corrected chi connectivity index (χ0v) is 20.4. The molecule has 1 saturated carbocycles. The molecule has 0 spiro atoms. The molecule has 40 heavy (non-hydrogen) atoms. The highest BCUT2D eigenvalue weighted by atomic mass is 19.4. The number of methoxy groups -OCH3 is 1. The molecule has 0 aliphatic heterocycles.